The fourth-order valence-electron chi connectivity index (χ4n) is 4.92. The SMILES string of the molecule is Cc1cn2nc([C@@H]3CCCCN3C(=O)c3cc(F)ccc3Cl)cc2nc1N1C[C@@H](C)[C@@H](O)C1. The van der Waals surface area contributed by atoms with Crippen LogP contribution in [-0.2, 0) is 0 Å². The van der Waals surface area contributed by atoms with Crippen molar-refractivity contribution in [3.8, 4) is 0 Å². The molecule has 2 aliphatic rings. The molecule has 0 aliphatic carbocycles. The van der Waals surface area contributed by atoms with Gasteiger partial charge >= 0.3 is 0 Å². The van der Waals surface area contributed by atoms with Crippen molar-refractivity contribution in [1.82, 2.24) is 19.5 Å². The van der Waals surface area contributed by atoms with Gasteiger partial charge in [0.05, 0.1) is 28.4 Å². The molecule has 9 heteroatoms. The van der Waals surface area contributed by atoms with Crippen molar-refractivity contribution < 1.29 is 14.3 Å². The fraction of sp³-hybridized carbons (Fsp3) is 0.458. The smallest absolute Gasteiger partial charge is 0.256 e. The molecular formula is C24H27ClFN5O2. The molecule has 0 spiro atoms. The number of piperidine rings is 1. The van der Waals surface area contributed by atoms with Gasteiger partial charge in [0.25, 0.3) is 5.91 Å². The number of aromatic nitrogens is 3. The molecule has 7 nitrogen and oxygen atoms in total. The molecule has 2 aliphatic heterocycles. The summed E-state index contributed by atoms with van der Waals surface area (Å²) < 4.78 is 15.6. The zero-order valence-electron chi connectivity index (χ0n) is 18.7. The van der Waals surface area contributed by atoms with Crippen molar-refractivity contribution in [3.63, 3.8) is 0 Å². The number of aliphatic hydroxyl groups is 1. The summed E-state index contributed by atoms with van der Waals surface area (Å²) in [6.07, 6.45) is 4.19. The van der Waals surface area contributed by atoms with Gasteiger partial charge in [-0.3, -0.25) is 4.79 Å². The molecule has 2 saturated heterocycles. The predicted molar refractivity (Wildman–Crippen MR) is 124 cm³/mol. The molecule has 1 N–H and O–H groups in total. The summed E-state index contributed by atoms with van der Waals surface area (Å²) in [6, 6.07) is 5.55. The maximum absolute atomic E-state index is 13.8. The highest BCUT2D eigenvalue weighted by Crippen LogP contribution is 2.34. The van der Waals surface area contributed by atoms with Gasteiger partial charge in [0.1, 0.15) is 11.6 Å². The minimum atomic E-state index is -0.488. The third kappa shape index (κ3) is 4.06. The molecule has 33 heavy (non-hydrogen) atoms. The Morgan fingerprint density at radius 3 is 2.82 bits per heavy atom. The summed E-state index contributed by atoms with van der Waals surface area (Å²) >= 11 is 6.22. The number of halogens is 2. The van der Waals surface area contributed by atoms with Crippen LogP contribution in [0.25, 0.3) is 5.65 Å². The van der Waals surface area contributed by atoms with Crippen molar-refractivity contribution in [3.05, 3.63) is 58.1 Å². The van der Waals surface area contributed by atoms with E-state index in [9.17, 15) is 14.3 Å². The molecule has 2 fully saturated rings. The summed E-state index contributed by atoms with van der Waals surface area (Å²) in [5.41, 5.74) is 2.60. The average Bonchev–Trinajstić information content (AvgIpc) is 3.36. The summed E-state index contributed by atoms with van der Waals surface area (Å²) in [6.45, 7) is 5.90. The van der Waals surface area contributed by atoms with Gasteiger partial charge in [-0.2, -0.15) is 5.10 Å². The van der Waals surface area contributed by atoms with Gasteiger partial charge in [-0.15, -0.1) is 0 Å². The second kappa shape index (κ2) is 8.57. The number of amides is 1. The second-order valence-corrected chi connectivity index (χ2v) is 9.61. The van der Waals surface area contributed by atoms with Gasteiger partial charge in [-0.05, 0) is 44.4 Å². The molecular weight excluding hydrogens is 445 g/mol. The highest BCUT2D eigenvalue weighted by atomic mass is 35.5. The van der Waals surface area contributed by atoms with Gasteiger partial charge in [0, 0.05) is 43.4 Å². The van der Waals surface area contributed by atoms with E-state index in [2.05, 4.69) is 4.90 Å². The number of likely N-dealkylation sites (tertiary alicyclic amines) is 1. The molecule has 1 aromatic carbocycles. The number of fused-ring (bicyclic) bond motifs is 1. The van der Waals surface area contributed by atoms with Crippen LogP contribution in [0.1, 0.15) is 53.8 Å². The number of carbonyl (C=O) groups excluding carboxylic acids is 1. The number of aryl methyl sites for hydroxylation is 1. The first-order valence-corrected chi connectivity index (χ1v) is 11.8. The van der Waals surface area contributed by atoms with Crippen molar-refractivity contribution in [1.29, 1.82) is 0 Å². The first-order chi connectivity index (χ1) is 15.8. The number of benzene rings is 1. The molecule has 3 atom stereocenters. The maximum Gasteiger partial charge on any atom is 0.256 e. The third-order valence-electron chi connectivity index (χ3n) is 6.76. The Morgan fingerprint density at radius 2 is 2.06 bits per heavy atom. The Kier molecular flexibility index (Phi) is 5.74. The first-order valence-electron chi connectivity index (χ1n) is 11.4. The highest BCUT2D eigenvalue weighted by molar-refractivity contribution is 6.33. The van der Waals surface area contributed by atoms with Crippen LogP contribution >= 0.6 is 11.6 Å². The average molecular weight is 472 g/mol. The van der Waals surface area contributed by atoms with Crippen LogP contribution in [0.2, 0.25) is 5.02 Å². The number of hydrogen-bond donors (Lipinski definition) is 1. The van der Waals surface area contributed by atoms with E-state index in [0.29, 0.717) is 18.7 Å². The van der Waals surface area contributed by atoms with Crippen molar-refractivity contribution in [2.24, 2.45) is 5.92 Å². The Hall–Kier alpha value is -2.71. The van der Waals surface area contributed by atoms with Crippen LogP contribution in [0.15, 0.2) is 30.5 Å². The van der Waals surface area contributed by atoms with E-state index in [-0.39, 0.29) is 34.6 Å². The monoisotopic (exact) mass is 471 g/mol. The van der Waals surface area contributed by atoms with E-state index in [0.717, 1.165) is 42.9 Å². The van der Waals surface area contributed by atoms with E-state index in [1.165, 1.54) is 18.2 Å². The number of anilines is 1. The number of aliphatic hydroxyl groups excluding tert-OH is 1. The predicted octanol–water partition coefficient (Wildman–Crippen LogP) is 4.01. The van der Waals surface area contributed by atoms with Gasteiger partial charge in [-0.25, -0.2) is 13.9 Å². The summed E-state index contributed by atoms with van der Waals surface area (Å²) in [5.74, 6) is 0.267. The van der Waals surface area contributed by atoms with Gasteiger partial charge in [0.2, 0.25) is 0 Å². The lowest BCUT2D eigenvalue weighted by atomic mass is 9.98. The Bertz CT molecular complexity index is 1210. The van der Waals surface area contributed by atoms with Crippen molar-refractivity contribution in [2.45, 2.75) is 45.3 Å². The van der Waals surface area contributed by atoms with Crippen LogP contribution < -0.4 is 4.90 Å². The number of β-amino-alcohol motifs (C(OH)–C–C–N with tert-alkyl or cyclic N) is 1. The standard InChI is InChI=1S/C24H27ClFN5O2/c1-14-11-29(13-21(14)32)23-15(2)12-31-22(27-23)10-19(28-31)20-5-3-4-8-30(20)24(33)17-9-16(26)6-7-18(17)25/h6-7,9-10,12,14,20-21,32H,3-5,8,11,13H2,1-2H3/t14-,20+,21+/m1/s1. The van der Waals surface area contributed by atoms with Gasteiger partial charge in [-0.1, -0.05) is 18.5 Å². The number of nitrogens with zero attached hydrogens (tertiary/aromatic N) is 5. The van der Waals surface area contributed by atoms with Gasteiger partial charge < -0.3 is 14.9 Å². The third-order valence-corrected chi connectivity index (χ3v) is 7.09. The van der Waals surface area contributed by atoms with Crippen LogP contribution in [0.4, 0.5) is 10.2 Å². The lowest BCUT2D eigenvalue weighted by Gasteiger charge is -2.35. The van der Waals surface area contributed by atoms with Crippen LogP contribution in [0.3, 0.4) is 0 Å². The summed E-state index contributed by atoms with van der Waals surface area (Å²) in [7, 11) is 0. The van der Waals surface area contributed by atoms with Crippen molar-refractivity contribution >= 4 is 29.0 Å². The molecule has 3 aromatic rings. The first kappa shape index (κ1) is 22.1. The molecule has 4 heterocycles. The molecule has 0 unspecified atom stereocenters. The summed E-state index contributed by atoms with van der Waals surface area (Å²) in [5, 5.41) is 15.1. The quantitative estimate of drug-likeness (QED) is 0.624. The minimum absolute atomic E-state index is 0.172. The molecule has 5 rings (SSSR count). The zero-order valence-corrected chi connectivity index (χ0v) is 19.5. The lowest BCUT2D eigenvalue weighted by Crippen LogP contribution is -2.38. The van der Waals surface area contributed by atoms with Crippen LogP contribution in [0.5, 0.6) is 0 Å². The van der Waals surface area contributed by atoms with Crippen molar-refractivity contribution in [2.75, 3.05) is 24.5 Å². The Morgan fingerprint density at radius 1 is 1.24 bits per heavy atom. The van der Waals surface area contributed by atoms with Crippen LogP contribution in [0, 0.1) is 18.7 Å². The largest absolute Gasteiger partial charge is 0.391 e. The molecule has 0 radical (unpaired) electrons. The summed E-state index contributed by atoms with van der Waals surface area (Å²) in [4.78, 5) is 22.0. The number of rotatable bonds is 3. The topological polar surface area (TPSA) is 74.0 Å². The highest BCUT2D eigenvalue weighted by Gasteiger charge is 2.33. The Balaban J connectivity index is 1.48. The normalized spacial score (nSPS) is 23.5. The van der Waals surface area contributed by atoms with E-state index < -0.39 is 5.82 Å². The second-order valence-electron chi connectivity index (χ2n) is 9.20. The zero-order chi connectivity index (χ0) is 23.3. The van der Waals surface area contributed by atoms with E-state index >= 15 is 0 Å². The number of carbonyl (C=O) groups is 1. The van der Waals surface area contributed by atoms with Crippen LogP contribution in [-0.4, -0.2) is 56.2 Å². The van der Waals surface area contributed by atoms with Gasteiger partial charge in [0.15, 0.2) is 5.65 Å². The molecule has 1 amide bonds. The number of hydrogen-bond acceptors (Lipinski definition) is 5. The molecule has 0 bridgehead atoms. The van der Waals surface area contributed by atoms with E-state index in [1.54, 1.807) is 9.42 Å². The fourth-order valence-corrected chi connectivity index (χ4v) is 5.12. The maximum atomic E-state index is 13.8. The molecule has 2 aromatic heterocycles. The molecule has 0 saturated carbocycles. The Labute approximate surface area is 196 Å². The molecule has 174 valence electrons. The van der Waals surface area contributed by atoms with E-state index in [1.807, 2.05) is 26.1 Å². The van der Waals surface area contributed by atoms with E-state index in [4.69, 9.17) is 21.7 Å². The lowest BCUT2D eigenvalue weighted by molar-refractivity contribution is 0.0605. The minimum Gasteiger partial charge on any atom is -0.391 e.